The molecule has 3 atom stereocenters. The van der Waals surface area contributed by atoms with Gasteiger partial charge in [-0.1, -0.05) is 12.8 Å². The summed E-state index contributed by atoms with van der Waals surface area (Å²) in [6.07, 6.45) is 5.94. The predicted molar refractivity (Wildman–Crippen MR) is 40.4 cm³/mol. The Morgan fingerprint density at radius 3 is 2.73 bits per heavy atom. The van der Waals surface area contributed by atoms with Gasteiger partial charge < -0.3 is 9.47 Å². The van der Waals surface area contributed by atoms with E-state index >= 15 is 0 Å². The summed E-state index contributed by atoms with van der Waals surface area (Å²) in [5.41, 5.74) is 0.305. The van der Waals surface area contributed by atoms with Gasteiger partial charge in [0.1, 0.15) is 0 Å². The average Bonchev–Trinajstić information content (AvgIpc) is 2.85. The maximum absolute atomic E-state index is 5.57. The highest BCUT2D eigenvalue weighted by atomic mass is 16.6. The van der Waals surface area contributed by atoms with E-state index in [1.54, 1.807) is 0 Å². The molecule has 2 heteroatoms. The van der Waals surface area contributed by atoms with Crippen LogP contribution in [-0.2, 0) is 9.47 Å². The highest BCUT2D eigenvalue weighted by molar-refractivity contribution is 5.05. The normalized spacial score (nSPS) is 54.5. The van der Waals surface area contributed by atoms with Gasteiger partial charge in [-0.3, -0.25) is 0 Å². The number of hydrogen-bond acceptors (Lipinski definition) is 2. The quantitative estimate of drug-likeness (QED) is 0.532. The molecule has 2 aliphatic heterocycles. The van der Waals surface area contributed by atoms with E-state index in [-0.39, 0.29) is 0 Å². The molecule has 3 unspecified atom stereocenters. The molecular weight excluding hydrogens is 140 g/mol. The van der Waals surface area contributed by atoms with Crippen LogP contribution in [0.3, 0.4) is 0 Å². The van der Waals surface area contributed by atoms with Gasteiger partial charge in [0.2, 0.25) is 0 Å². The molecule has 3 fully saturated rings. The van der Waals surface area contributed by atoms with Gasteiger partial charge in [0.05, 0.1) is 24.9 Å². The molecule has 0 radical (unpaired) electrons. The minimum Gasteiger partial charge on any atom is -0.373 e. The molecule has 1 saturated carbocycles. The summed E-state index contributed by atoms with van der Waals surface area (Å²) in [5, 5.41) is 0. The highest BCUT2D eigenvalue weighted by Crippen LogP contribution is 2.50. The molecule has 0 aromatic carbocycles. The summed E-state index contributed by atoms with van der Waals surface area (Å²) in [5.74, 6) is 0.747. The molecule has 11 heavy (non-hydrogen) atoms. The zero-order valence-electron chi connectivity index (χ0n) is 6.71. The molecule has 2 nitrogen and oxygen atoms in total. The van der Waals surface area contributed by atoms with Gasteiger partial charge in [-0.2, -0.15) is 0 Å². The summed E-state index contributed by atoms with van der Waals surface area (Å²) < 4.78 is 10.9. The molecule has 62 valence electrons. The van der Waals surface area contributed by atoms with Crippen molar-refractivity contribution in [3.05, 3.63) is 0 Å². The van der Waals surface area contributed by atoms with Crippen LogP contribution in [0.2, 0.25) is 0 Å². The maximum atomic E-state index is 5.57. The van der Waals surface area contributed by atoms with Crippen molar-refractivity contribution in [2.45, 2.75) is 37.4 Å². The Bertz CT molecular complexity index is 170. The molecule has 1 spiro atoms. The minimum atomic E-state index is 0.305. The molecule has 0 bridgehead atoms. The first kappa shape index (κ1) is 6.44. The molecule has 3 aliphatic rings. The average molecular weight is 154 g/mol. The van der Waals surface area contributed by atoms with Crippen molar-refractivity contribution in [2.75, 3.05) is 13.2 Å². The lowest BCUT2D eigenvalue weighted by atomic mass is 9.77. The first-order valence-corrected chi connectivity index (χ1v) is 4.66. The fourth-order valence-electron chi connectivity index (χ4n) is 2.50. The van der Waals surface area contributed by atoms with E-state index in [4.69, 9.17) is 9.47 Å². The van der Waals surface area contributed by atoms with Gasteiger partial charge in [-0.15, -0.1) is 0 Å². The van der Waals surface area contributed by atoms with E-state index in [1.165, 1.54) is 25.7 Å². The Balaban J connectivity index is 1.77. The van der Waals surface area contributed by atoms with Crippen LogP contribution >= 0.6 is 0 Å². The third kappa shape index (κ3) is 0.926. The van der Waals surface area contributed by atoms with Gasteiger partial charge in [0.25, 0.3) is 0 Å². The van der Waals surface area contributed by atoms with E-state index in [1.807, 2.05) is 0 Å². The molecular formula is C9H14O2. The van der Waals surface area contributed by atoms with Crippen LogP contribution in [0.4, 0.5) is 0 Å². The Morgan fingerprint density at radius 2 is 2.09 bits per heavy atom. The standard InChI is InChI=1S/C9H14O2/c1-2-4-9(6-11-9)7(3-1)8-5-10-8/h7-8H,1-6H2. The SMILES string of the molecule is C1CCC2(CO2)C(C2CO2)C1. The Morgan fingerprint density at radius 1 is 1.27 bits per heavy atom. The van der Waals surface area contributed by atoms with Gasteiger partial charge in [0, 0.05) is 5.92 Å². The third-order valence-electron chi connectivity index (χ3n) is 3.36. The van der Waals surface area contributed by atoms with Crippen molar-refractivity contribution >= 4 is 0 Å². The number of rotatable bonds is 1. The lowest BCUT2D eigenvalue weighted by molar-refractivity contribution is 0.130. The highest BCUT2D eigenvalue weighted by Gasteiger charge is 2.57. The fourth-order valence-corrected chi connectivity index (χ4v) is 2.50. The van der Waals surface area contributed by atoms with Crippen LogP contribution in [0, 0.1) is 5.92 Å². The smallest absolute Gasteiger partial charge is 0.0970 e. The van der Waals surface area contributed by atoms with Crippen LogP contribution in [0.5, 0.6) is 0 Å². The Labute approximate surface area is 66.9 Å². The van der Waals surface area contributed by atoms with Crippen LogP contribution < -0.4 is 0 Å². The summed E-state index contributed by atoms with van der Waals surface area (Å²) in [6.45, 7) is 2.01. The summed E-state index contributed by atoms with van der Waals surface area (Å²) in [4.78, 5) is 0. The molecule has 0 aromatic heterocycles. The van der Waals surface area contributed by atoms with Crippen molar-refractivity contribution < 1.29 is 9.47 Å². The second-order valence-electron chi connectivity index (χ2n) is 4.08. The van der Waals surface area contributed by atoms with Gasteiger partial charge in [-0.25, -0.2) is 0 Å². The van der Waals surface area contributed by atoms with Gasteiger partial charge in [0.15, 0.2) is 0 Å². The predicted octanol–water partition coefficient (Wildman–Crippen LogP) is 1.34. The largest absolute Gasteiger partial charge is 0.373 e. The van der Waals surface area contributed by atoms with Crippen LogP contribution in [0.15, 0.2) is 0 Å². The molecule has 1 aliphatic carbocycles. The minimum absolute atomic E-state index is 0.305. The second-order valence-corrected chi connectivity index (χ2v) is 4.08. The zero-order valence-corrected chi connectivity index (χ0v) is 6.71. The molecule has 3 rings (SSSR count). The first-order valence-electron chi connectivity index (χ1n) is 4.66. The van der Waals surface area contributed by atoms with E-state index in [2.05, 4.69) is 0 Å². The molecule has 2 heterocycles. The monoisotopic (exact) mass is 154 g/mol. The topological polar surface area (TPSA) is 25.1 Å². The van der Waals surface area contributed by atoms with Crippen molar-refractivity contribution in [3.63, 3.8) is 0 Å². The molecule has 0 amide bonds. The molecule has 0 N–H and O–H groups in total. The fraction of sp³-hybridized carbons (Fsp3) is 1.00. The summed E-state index contributed by atoms with van der Waals surface area (Å²) in [7, 11) is 0. The lowest BCUT2D eigenvalue weighted by Gasteiger charge is -2.27. The number of hydrogen-bond donors (Lipinski definition) is 0. The molecule has 0 aromatic rings. The van der Waals surface area contributed by atoms with Crippen molar-refractivity contribution in [2.24, 2.45) is 5.92 Å². The Hall–Kier alpha value is -0.0800. The zero-order chi connectivity index (χ0) is 7.31. The van der Waals surface area contributed by atoms with Crippen LogP contribution in [-0.4, -0.2) is 24.9 Å². The van der Waals surface area contributed by atoms with Gasteiger partial charge in [-0.05, 0) is 12.8 Å². The van der Waals surface area contributed by atoms with Crippen molar-refractivity contribution in [1.82, 2.24) is 0 Å². The number of ether oxygens (including phenoxy) is 2. The molecule has 2 saturated heterocycles. The number of epoxide rings is 2. The van der Waals surface area contributed by atoms with E-state index in [0.29, 0.717) is 11.7 Å². The second kappa shape index (κ2) is 1.99. The van der Waals surface area contributed by atoms with Crippen molar-refractivity contribution in [1.29, 1.82) is 0 Å². The maximum Gasteiger partial charge on any atom is 0.0970 e. The van der Waals surface area contributed by atoms with Gasteiger partial charge >= 0.3 is 0 Å². The van der Waals surface area contributed by atoms with E-state index in [0.717, 1.165) is 19.1 Å². The first-order chi connectivity index (χ1) is 5.41. The summed E-state index contributed by atoms with van der Waals surface area (Å²) >= 11 is 0. The third-order valence-corrected chi connectivity index (χ3v) is 3.36. The van der Waals surface area contributed by atoms with Crippen LogP contribution in [0.25, 0.3) is 0 Å². The lowest BCUT2D eigenvalue weighted by Crippen LogP contribution is -2.32. The van der Waals surface area contributed by atoms with E-state index in [9.17, 15) is 0 Å². The van der Waals surface area contributed by atoms with E-state index < -0.39 is 0 Å². The van der Waals surface area contributed by atoms with Crippen molar-refractivity contribution in [3.8, 4) is 0 Å². The van der Waals surface area contributed by atoms with Crippen LogP contribution in [0.1, 0.15) is 25.7 Å². The Kier molecular flexibility index (Phi) is 1.16. The summed E-state index contributed by atoms with van der Waals surface area (Å²) in [6, 6.07) is 0.